The summed E-state index contributed by atoms with van der Waals surface area (Å²) in [5.74, 6) is 0. The summed E-state index contributed by atoms with van der Waals surface area (Å²) in [7, 11) is 2.13. The maximum absolute atomic E-state index is 5.85. The molecule has 0 saturated heterocycles. The van der Waals surface area contributed by atoms with Gasteiger partial charge in [-0.05, 0) is 64.3 Å². The van der Waals surface area contributed by atoms with Crippen LogP contribution in [0.3, 0.4) is 0 Å². The minimum atomic E-state index is 0.769. The Morgan fingerprint density at radius 2 is 2.05 bits per heavy atom. The van der Waals surface area contributed by atoms with E-state index in [2.05, 4.69) is 44.6 Å². The van der Waals surface area contributed by atoms with Crippen LogP contribution in [0, 0.1) is 0 Å². The summed E-state index contributed by atoms with van der Waals surface area (Å²) in [6.07, 6.45) is 0. The molecule has 0 atom stereocenters. The summed E-state index contributed by atoms with van der Waals surface area (Å²) in [4.78, 5) is 2.30. The number of likely N-dealkylation sites (N-methyl/N-ethyl adjacent to an activating group) is 1. The third kappa shape index (κ3) is 5.15. The van der Waals surface area contributed by atoms with Gasteiger partial charge in [0.2, 0.25) is 0 Å². The van der Waals surface area contributed by atoms with Crippen LogP contribution in [0.15, 0.2) is 39.5 Å². The lowest BCUT2D eigenvalue weighted by molar-refractivity contribution is 0.340. The first kappa shape index (κ1) is 14.9. The highest BCUT2D eigenvalue weighted by Gasteiger charge is 2.02. The molecule has 0 saturated carbocycles. The van der Waals surface area contributed by atoms with Gasteiger partial charge in [-0.2, -0.15) is 0 Å². The van der Waals surface area contributed by atoms with Crippen molar-refractivity contribution >= 4 is 44.6 Å². The highest BCUT2D eigenvalue weighted by atomic mass is 79.9. The first-order chi connectivity index (χ1) is 9.13. The van der Waals surface area contributed by atoms with Gasteiger partial charge in [0, 0.05) is 30.3 Å². The molecule has 0 aliphatic carbocycles. The van der Waals surface area contributed by atoms with Crippen LogP contribution in [0.1, 0.15) is 5.56 Å². The molecule has 0 aliphatic rings. The molecule has 0 spiro atoms. The number of anilines is 1. The monoisotopic (exact) mass is 358 g/mol. The average Bonchev–Trinajstić information content (AvgIpc) is 2.77. The Balaban J connectivity index is 1.71. The zero-order valence-electron chi connectivity index (χ0n) is 10.7. The molecule has 2 aromatic rings. The van der Waals surface area contributed by atoms with Crippen LogP contribution < -0.4 is 5.32 Å². The van der Waals surface area contributed by atoms with Gasteiger partial charge >= 0.3 is 0 Å². The molecule has 0 unspecified atom stereocenters. The summed E-state index contributed by atoms with van der Waals surface area (Å²) in [6.45, 7) is 2.89. The normalized spacial score (nSPS) is 10.9. The van der Waals surface area contributed by atoms with E-state index in [4.69, 9.17) is 11.6 Å². The van der Waals surface area contributed by atoms with Crippen molar-refractivity contribution in [2.45, 2.75) is 6.54 Å². The SMILES string of the molecule is CN(CCNc1ccc(Cl)cc1)Cc1csc(Br)c1. The molecule has 2 nitrogen and oxygen atoms in total. The molecule has 5 heteroatoms. The molecule has 19 heavy (non-hydrogen) atoms. The van der Waals surface area contributed by atoms with E-state index < -0.39 is 0 Å². The highest BCUT2D eigenvalue weighted by Crippen LogP contribution is 2.21. The van der Waals surface area contributed by atoms with Gasteiger partial charge in [-0.15, -0.1) is 11.3 Å². The predicted octanol–water partition coefficient (Wildman–Crippen LogP) is 4.71. The summed E-state index contributed by atoms with van der Waals surface area (Å²) in [5, 5.41) is 6.34. The van der Waals surface area contributed by atoms with Gasteiger partial charge < -0.3 is 10.2 Å². The van der Waals surface area contributed by atoms with Gasteiger partial charge in [0.25, 0.3) is 0 Å². The Morgan fingerprint density at radius 1 is 1.32 bits per heavy atom. The lowest BCUT2D eigenvalue weighted by atomic mass is 10.3. The molecule has 0 amide bonds. The first-order valence-corrected chi connectivity index (χ1v) is 8.09. The van der Waals surface area contributed by atoms with Crippen LogP contribution in [0.5, 0.6) is 0 Å². The van der Waals surface area contributed by atoms with Gasteiger partial charge in [-0.1, -0.05) is 11.6 Å². The molecule has 0 fully saturated rings. The number of rotatable bonds is 6. The van der Waals surface area contributed by atoms with E-state index >= 15 is 0 Å². The topological polar surface area (TPSA) is 15.3 Å². The van der Waals surface area contributed by atoms with Crippen molar-refractivity contribution in [3.8, 4) is 0 Å². The Labute approximate surface area is 131 Å². The summed E-state index contributed by atoms with van der Waals surface area (Å²) < 4.78 is 1.19. The molecule has 1 N–H and O–H groups in total. The van der Waals surface area contributed by atoms with Gasteiger partial charge in [0.15, 0.2) is 0 Å². The third-order valence-electron chi connectivity index (χ3n) is 2.74. The van der Waals surface area contributed by atoms with Crippen LogP contribution in [0.25, 0.3) is 0 Å². The summed E-state index contributed by atoms with van der Waals surface area (Å²) in [5.41, 5.74) is 2.46. The number of hydrogen-bond donors (Lipinski definition) is 1. The maximum atomic E-state index is 5.85. The van der Waals surface area contributed by atoms with Crippen molar-refractivity contribution in [3.63, 3.8) is 0 Å². The van der Waals surface area contributed by atoms with Crippen molar-refractivity contribution in [3.05, 3.63) is 50.1 Å². The number of thiophene rings is 1. The first-order valence-electron chi connectivity index (χ1n) is 6.04. The van der Waals surface area contributed by atoms with Gasteiger partial charge in [0.1, 0.15) is 0 Å². The van der Waals surface area contributed by atoms with Crippen molar-refractivity contribution < 1.29 is 0 Å². The Kier molecular flexibility index (Phi) is 5.70. The lowest BCUT2D eigenvalue weighted by Gasteiger charge is -2.16. The fourth-order valence-electron chi connectivity index (χ4n) is 1.78. The van der Waals surface area contributed by atoms with Crippen LogP contribution in [0.2, 0.25) is 5.02 Å². The molecule has 102 valence electrons. The molecule has 0 aliphatic heterocycles. The van der Waals surface area contributed by atoms with Gasteiger partial charge in [-0.25, -0.2) is 0 Å². The average molecular weight is 360 g/mol. The largest absolute Gasteiger partial charge is 0.384 e. The second kappa shape index (κ2) is 7.29. The van der Waals surface area contributed by atoms with Crippen molar-refractivity contribution in [2.24, 2.45) is 0 Å². The van der Waals surface area contributed by atoms with Crippen LogP contribution in [-0.4, -0.2) is 25.0 Å². The number of hydrogen-bond acceptors (Lipinski definition) is 3. The highest BCUT2D eigenvalue weighted by molar-refractivity contribution is 9.11. The van der Waals surface area contributed by atoms with Crippen LogP contribution in [0.4, 0.5) is 5.69 Å². The van der Waals surface area contributed by atoms with Crippen molar-refractivity contribution in [2.75, 3.05) is 25.5 Å². The van der Waals surface area contributed by atoms with Crippen LogP contribution >= 0.6 is 38.9 Å². The minimum Gasteiger partial charge on any atom is -0.384 e. The predicted molar refractivity (Wildman–Crippen MR) is 88.3 cm³/mol. The lowest BCUT2D eigenvalue weighted by Crippen LogP contribution is -2.24. The molecule has 1 heterocycles. The number of nitrogens with zero attached hydrogens (tertiary/aromatic N) is 1. The van der Waals surface area contributed by atoms with E-state index in [-0.39, 0.29) is 0 Å². The van der Waals surface area contributed by atoms with E-state index in [1.807, 2.05) is 24.3 Å². The molecule has 2 rings (SSSR count). The zero-order valence-corrected chi connectivity index (χ0v) is 13.9. The Hall–Kier alpha value is -0.550. The van der Waals surface area contributed by atoms with E-state index in [9.17, 15) is 0 Å². The molecular formula is C14H16BrClN2S. The van der Waals surface area contributed by atoms with E-state index in [0.717, 1.165) is 30.3 Å². The maximum Gasteiger partial charge on any atom is 0.0701 e. The molecule has 0 radical (unpaired) electrons. The van der Waals surface area contributed by atoms with E-state index in [0.29, 0.717) is 0 Å². The second-order valence-electron chi connectivity index (χ2n) is 4.43. The number of nitrogens with one attached hydrogen (secondary N) is 1. The van der Waals surface area contributed by atoms with E-state index in [1.54, 1.807) is 11.3 Å². The third-order valence-corrected chi connectivity index (χ3v) is 4.55. The fraction of sp³-hybridized carbons (Fsp3) is 0.286. The Bertz CT molecular complexity index is 512. The fourth-order valence-corrected chi connectivity index (χ4v) is 3.10. The molecule has 1 aromatic heterocycles. The van der Waals surface area contributed by atoms with E-state index in [1.165, 1.54) is 9.35 Å². The summed E-state index contributed by atoms with van der Waals surface area (Å²) >= 11 is 11.1. The second-order valence-corrected chi connectivity index (χ2v) is 7.16. The van der Waals surface area contributed by atoms with Crippen molar-refractivity contribution in [1.29, 1.82) is 0 Å². The van der Waals surface area contributed by atoms with Crippen LogP contribution in [-0.2, 0) is 6.54 Å². The van der Waals surface area contributed by atoms with Gasteiger partial charge in [-0.3, -0.25) is 0 Å². The number of halogens is 2. The standard InChI is InChI=1S/C14H16BrClN2S/c1-18(9-11-8-14(15)19-10-11)7-6-17-13-4-2-12(16)3-5-13/h2-5,8,10,17H,6-7,9H2,1H3. The minimum absolute atomic E-state index is 0.769. The zero-order chi connectivity index (χ0) is 13.7. The van der Waals surface area contributed by atoms with Crippen molar-refractivity contribution in [1.82, 2.24) is 4.90 Å². The quantitative estimate of drug-likeness (QED) is 0.803. The smallest absolute Gasteiger partial charge is 0.0701 e. The summed E-state index contributed by atoms with van der Waals surface area (Å²) in [6, 6.07) is 9.97. The molecule has 1 aromatic carbocycles. The molecule has 0 bridgehead atoms. The Morgan fingerprint density at radius 3 is 2.68 bits per heavy atom. The number of benzene rings is 1. The van der Waals surface area contributed by atoms with Gasteiger partial charge in [0.05, 0.1) is 3.79 Å². The molecular weight excluding hydrogens is 344 g/mol.